The van der Waals surface area contributed by atoms with Crippen molar-refractivity contribution in [1.29, 1.82) is 0 Å². The molecule has 3 heteroatoms. The monoisotopic (exact) mass is 221 g/mol. The van der Waals surface area contributed by atoms with Crippen LogP contribution in [-0.2, 0) is 0 Å². The minimum absolute atomic E-state index is 0.0461. The lowest BCUT2D eigenvalue weighted by molar-refractivity contribution is 0.0948. The second kappa shape index (κ2) is 6.16. The van der Waals surface area contributed by atoms with Gasteiger partial charge in [-0.3, -0.25) is 4.79 Å². The number of ether oxygens (including phenoxy) is 1. The van der Waals surface area contributed by atoms with Crippen LogP contribution >= 0.6 is 0 Å². The van der Waals surface area contributed by atoms with E-state index in [4.69, 9.17) is 4.74 Å². The van der Waals surface area contributed by atoms with Gasteiger partial charge < -0.3 is 10.1 Å². The Morgan fingerprint density at radius 2 is 2.19 bits per heavy atom. The summed E-state index contributed by atoms with van der Waals surface area (Å²) in [5.74, 6) is 1.15. The molecule has 1 aromatic rings. The fraction of sp³-hybridized carbons (Fsp3) is 0.462. The quantitative estimate of drug-likeness (QED) is 0.829. The maximum absolute atomic E-state index is 11.7. The van der Waals surface area contributed by atoms with Gasteiger partial charge in [0.1, 0.15) is 5.75 Å². The van der Waals surface area contributed by atoms with Crippen LogP contribution in [0.4, 0.5) is 0 Å². The van der Waals surface area contributed by atoms with E-state index >= 15 is 0 Å². The van der Waals surface area contributed by atoms with Crippen molar-refractivity contribution in [1.82, 2.24) is 5.32 Å². The fourth-order valence-electron chi connectivity index (χ4n) is 1.29. The molecule has 0 aliphatic carbocycles. The summed E-state index contributed by atoms with van der Waals surface area (Å²) in [4.78, 5) is 11.7. The summed E-state index contributed by atoms with van der Waals surface area (Å²) in [5.41, 5.74) is 0.645. The number of carbonyl (C=O) groups excluding carboxylic acids is 1. The average molecular weight is 221 g/mol. The first-order valence-corrected chi connectivity index (χ1v) is 5.64. The maximum Gasteiger partial charge on any atom is 0.251 e. The molecule has 0 aromatic heterocycles. The highest BCUT2D eigenvalue weighted by Gasteiger charge is 2.06. The van der Waals surface area contributed by atoms with Gasteiger partial charge >= 0.3 is 0 Å². The van der Waals surface area contributed by atoms with Gasteiger partial charge in [-0.05, 0) is 31.0 Å². The van der Waals surface area contributed by atoms with E-state index in [1.165, 1.54) is 0 Å². The summed E-state index contributed by atoms with van der Waals surface area (Å²) in [6.45, 7) is 7.36. The predicted octanol–water partition coefficient (Wildman–Crippen LogP) is 2.47. The topological polar surface area (TPSA) is 38.3 Å². The van der Waals surface area contributed by atoms with Crippen molar-refractivity contribution in [3.05, 3.63) is 29.8 Å². The lowest BCUT2D eigenvalue weighted by atomic mass is 10.2. The number of hydrogen-bond donors (Lipinski definition) is 1. The number of amides is 1. The zero-order valence-electron chi connectivity index (χ0n) is 10.1. The minimum atomic E-state index is -0.0461. The molecule has 0 saturated heterocycles. The third-order valence-corrected chi connectivity index (χ3v) is 2.08. The summed E-state index contributed by atoms with van der Waals surface area (Å²) in [6.07, 6.45) is 0. The minimum Gasteiger partial charge on any atom is -0.494 e. The number of rotatable bonds is 5. The summed E-state index contributed by atoms with van der Waals surface area (Å²) < 4.78 is 5.34. The SMILES string of the molecule is CCOc1cccc(C(=O)NCC(C)C)c1. The molecule has 16 heavy (non-hydrogen) atoms. The van der Waals surface area contributed by atoms with E-state index in [-0.39, 0.29) is 5.91 Å². The van der Waals surface area contributed by atoms with Gasteiger partial charge in [0.25, 0.3) is 5.91 Å². The molecule has 0 aliphatic heterocycles. The Kier molecular flexibility index (Phi) is 4.83. The van der Waals surface area contributed by atoms with Gasteiger partial charge in [0.05, 0.1) is 6.61 Å². The normalized spacial score (nSPS) is 10.2. The molecule has 3 nitrogen and oxygen atoms in total. The zero-order chi connectivity index (χ0) is 12.0. The average Bonchev–Trinajstić information content (AvgIpc) is 2.26. The van der Waals surface area contributed by atoms with Crippen molar-refractivity contribution in [2.24, 2.45) is 5.92 Å². The second-order valence-corrected chi connectivity index (χ2v) is 4.06. The highest BCUT2D eigenvalue weighted by molar-refractivity contribution is 5.94. The van der Waals surface area contributed by atoms with Gasteiger partial charge in [0.2, 0.25) is 0 Å². The van der Waals surface area contributed by atoms with Crippen molar-refractivity contribution >= 4 is 5.91 Å². The van der Waals surface area contributed by atoms with E-state index in [1.54, 1.807) is 12.1 Å². The molecule has 88 valence electrons. The molecule has 1 amide bonds. The van der Waals surface area contributed by atoms with Crippen LogP contribution in [-0.4, -0.2) is 19.1 Å². The van der Waals surface area contributed by atoms with E-state index in [1.807, 2.05) is 19.1 Å². The molecule has 0 bridgehead atoms. The summed E-state index contributed by atoms with van der Waals surface area (Å²) in [6, 6.07) is 7.23. The molecule has 0 unspecified atom stereocenters. The molecule has 0 aliphatic rings. The third kappa shape index (κ3) is 3.93. The van der Waals surface area contributed by atoms with E-state index in [9.17, 15) is 4.79 Å². The summed E-state index contributed by atoms with van der Waals surface area (Å²) >= 11 is 0. The molecule has 1 aromatic carbocycles. The number of carbonyl (C=O) groups is 1. The lowest BCUT2D eigenvalue weighted by Crippen LogP contribution is -2.27. The van der Waals surface area contributed by atoms with Gasteiger partial charge in [-0.1, -0.05) is 19.9 Å². The van der Waals surface area contributed by atoms with Gasteiger partial charge in [0, 0.05) is 12.1 Å². The Morgan fingerprint density at radius 1 is 1.44 bits per heavy atom. The van der Waals surface area contributed by atoms with Gasteiger partial charge in [-0.2, -0.15) is 0 Å². The standard InChI is InChI=1S/C13H19NO2/c1-4-16-12-7-5-6-11(8-12)13(15)14-9-10(2)3/h5-8,10H,4,9H2,1-3H3,(H,14,15). The predicted molar refractivity (Wildman–Crippen MR) is 64.8 cm³/mol. The first-order chi connectivity index (χ1) is 7.63. The van der Waals surface area contributed by atoms with Crippen LogP contribution in [0.5, 0.6) is 5.75 Å². The number of benzene rings is 1. The summed E-state index contributed by atoms with van der Waals surface area (Å²) in [7, 11) is 0. The Morgan fingerprint density at radius 3 is 2.81 bits per heavy atom. The van der Waals surface area contributed by atoms with Gasteiger partial charge in [-0.15, -0.1) is 0 Å². The van der Waals surface area contributed by atoms with Crippen LogP contribution in [0.3, 0.4) is 0 Å². The Labute approximate surface area is 96.8 Å². The van der Waals surface area contributed by atoms with Crippen molar-refractivity contribution in [2.45, 2.75) is 20.8 Å². The molecule has 0 heterocycles. The van der Waals surface area contributed by atoms with Crippen molar-refractivity contribution < 1.29 is 9.53 Å². The molecule has 1 N–H and O–H groups in total. The maximum atomic E-state index is 11.7. The molecular weight excluding hydrogens is 202 g/mol. The molecule has 0 spiro atoms. The van der Waals surface area contributed by atoms with E-state index in [0.717, 1.165) is 5.75 Å². The zero-order valence-corrected chi connectivity index (χ0v) is 10.1. The van der Waals surface area contributed by atoms with Crippen molar-refractivity contribution in [2.75, 3.05) is 13.2 Å². The van der Waals surface area contributed by atoms with Crippen molar-refractivity contribution in [3.8, 4) is 5.75 Å². The van der Waals surface area contributed by atoms with E-state index in [2.05, 4.69) is 19.2 Å². The molecule has 0 atom stereocenters. The Balaban J connectivity index is 2.64. The van der Waals surface area contributed by atoms with Crippen molar-refractivity contribution in [3.63, 3.8) is 0 Å². The fourth-order valence-corrected chi connectivity index (χ4v) is 1.29. The second-order valence-electron chi connectivity index (χ2n) is 4.06. The van der Waals surface area contributed by atoms with Crippen LogP contribution in [0.2, 0.25) is 0 Å². The molecule has 1 rings (SSSR count). The Bertz CT molecular complexity index is 348. The molecular formula is C13H19NO2. The van der Waals surface area contributed by atoms with Gasteiger partial charge in [-0.25, -0.2) is 0 Å². The smallest absolute Gasteiger partial charge is 0.251 e. The first kappa shape index (κ1) is 12.6. The molecule has 0 radical (unpaired) electrons. The number of nitrogens with one attached hydrogen (secondary N) is 1. The van der Waals surface area contributed by atoms with Crippen LogP contribution in [0.15, 0.2) is 24.3 Å². The highest BCUT2D eigenvalue weighted by Crippen LogP contribution is 2.13. The van der Waals surface area contributed by atoms with Crippen LogP contribution in [0.1, 0.15) is 31.1 Å². The van der Waals surface area contributed by atoms with E-state index < -0.39 is 0 Å². The van der Waals surface area contributed by atoms with Crippen LogP contribution in [0.25, 0.3) is 0 Å². The Hall–Kier alpha value is -1.51. The third-order valence-electron chi connectivity index (χ3n) is 2.08. The van der Waals surface area contributed by atoms with Gasteiger partial charge in [0.15, 0.2) is 0 Å². The first-order valence-electron chi connectivity index (χ1n) is 5.64. The van der Waals surface area contributed by atoms with Crippen LogP contribution < -0.4 is 10.1 Å². The molecule has 0 fully saturated rings. The molecule has 0 saturated carbocycles. The van der Waals surface area contributed by atoms with E-state index in [0.29, 0.717) is 24.6 Å². The largest absolute Gasteiger partial charge is 0.494 e. The number of hydrogen-bond acceptors (Lipinski definition) is 2. The van der Waals surface area contributed by atoms with Crippen LogP contribution in [0, 0.1) is 5.92 Å². The highest BCUT2D eigenvalue weighted by atomic mass is 16.5. The lowest BCUT2D eigenvalue weighted by Gasteiger charge is -2.09. The summed E-state index contributed by atoms with van der Waals surface area (Å²) in [5, 5.41) is 2.87.